The predicted molar refractivity (Wildman–Crippen MR) is 68.1 cm³/mol. The van der Waals surface area contributed by atoms with Gasteiger partial charge >= 0.3 is 0 Å². The fraction of sp³-hybridized carbons (Fsp3) is 0.429. The molecule has 0 saturated carbocycles. The van der Waals surface area contributed by atoms with Crippen LogP contribution in [0, 0.1) is 5.41 Å². The van der Waals surface area contributed by atoms with E-state index in [-0.39, 0.29) is 5.41 Å². The standard InChI is InChI=1S/C14H21N/c1-6-13(14(2,3)4)15(5)12-10-8-7-9-11-12/h6-11H,1-5H3/b13-6-. The van der Waals surface area contributed by atoms with Gasteiger partial charge in [-0.3, -0.25) is 0 Å². The molecule has 0 spiro atoms. The molecule has 0 aliphatic heterocycles. The quantitative estimate of drug-likeness (QED) is 0.700. The lowest BCUT2D eigenvalue weighted by Crippen LogP contribution is -2.26. The smallest absolute Gasteiger partial charge is 0.0405 e. The van der Waals surface area contributed by atoms with Crippen LogP contribution in [0.4, 0.5) is 5.69 Å². The first kappa shape index (κ1) is 11.8. The van der Waals surface area contributed by atoms with E-state index in [2.05, 4.69) is 70.0 Å². The summed E-state index contributed by atoms with van der Waals surface area (Å²) in [6.45, 7) is 8.81. The molecule has 1 rings (SSSR count). The summed E-state index contributed by atoms with van der Waals surface area (Å²) in [7, 11) is 2.12. The summed E-state index contributed by atoms with van der Waals surface area (Å²) in [5.74, 6) is 0. The van der Waals surface area contributed by atoms with E-state index in [0.717, 1.165) is 0 Å². The summed E-state index contributed by atoms with van der Waals surface area (Å²) in [5.41, 5.74) is 2.76. The summed E-state index contributed by atoms with van der Waals surface area (Å²) in [4.78, 5) is 2.25. The molecule has 0 radical (unpaired) electrons. The van der Waals surface area contributed by atoms with Gasteiger partial charge in [0, 0.05) is 23.8 Å². The van der Waals surface area contributed by atoms with E-state index in [1.165, 1.54) is 11.4 Å². The maximum Gasteiger partial charge on any atom is 0.0405 e. The first-order chi connectivity index (χ1) is 6.96. The number of allylic oxidation sites excluding steroid dienone is 2. The van der Waals surface area contributed by atoms with Crippen LogP contribution in [-0.2, 0) is 0 Å². The molecule has 0 N–H and O–H groups in total. The molecule has 0 aliphatic carbocycles. The summed E-state index contributed by atoms with van der Waals surface area (Å²) >= 11 is 0. The average molecular weight is 203 g/mol. The molecule has 1 aromatic carbocycles. The molecule has 0 aliphatic rings. The highest BCUT2D eigenvalue weighted by Gasteiger charge is 2.20. The fourth-order valence-electron chi connectivity index (χ4n) is 1.92. The van der Waals surface area contributed by atoms with Gasteiger partial charge in [-0.15, -0.1) is 0 Å². The van der Waals surface area contributed by atoms with Crippen molar-refractivity contribution >= 4 is 5.69 Å². The van der Waals surface area contributed by atoms with E-state index in [9.17, 15) is 0 Å². The second kappa shape index (κ2) is 4.52. The second-order valence-electron chi connectivity index (χ2n) is 4.82. The molecule has 0 saturated heterocycles. The summed E-state index contributed by atoms with van der Waals surface area (Å²) in [5, 5.41) is 0. The van der Waals surface area contributed by atoms with Crippen LogP contribution in [0.25, 0.3) is 0 Å². The van der Waals surface area contributed by atoms with E-state index in [0.29, 0.717) is 0 Å². The first-order valence-corrected chi connectivity index (χ1v) is 5.42. The number of nitrogens with zero attached hydrogens (tertiary/aromatic N) is 1. The van der Waals surface area contributed by atoms with Crippen LogP contribution in [0.1, 0.15) is 27.7 Å². The van der Waals surface area contributed by atoms with Crippen LogP contribution in [0.15, 0.2) is 42.1 Å². The van der Waals surface area contributed by atoms with E-state index < -0.39 is 0 Å². The Kier molecular flexibility index (Phi) is 3.57. The number of hydrogen-bond donors (Lipinski definition) is 0. The van der Waals surface area contributed by atoms with Crippen LogP contribution in [0.3, 0.4) is 0 Å². The zero-order chi connectivity index (χ0) is 11.5. The zero-order valence-electron chi connectivity index (χ0n) is 10.4. The molecule has 1 heteroatoms. The maximum absolute atomic E-state index is 2.25. The molecule has 0 unspecified atom stereocenters. The van der Waals surface area contributed by atoms with Crippen molar-refractivity contribution in [2.45, 2.75) is 27.7 Å². The first-order valence-electron chi connectivity index (χ1n) is 5.42. The minimum atomic E-state index is 0.180. The fourth-order valence-corrected chi connectivity index (χ4v) is 1.92. The van der Waals surface area contributed by atoms with Crippen molar-refractivity contribution in [2.24, 2.45) is 5.41 Å². The van der Waals surface area contributed by atoms with E-state index in [1.54, 1.807) is 0 Å². The van der Waals surface area contributed by atoms with Crippen molar-refractivity contribution in [1.82, 2.24) is 0 Å². The minimum absolute atomic E-state index is 0.180. The third kappa shape index (κ3) is 2.85. The van der Waals surface area contributed by atoms with Gasteiger partial charge in [0.15, 0.2) is 0 Å². The molecule has 0 aromatic heterocycles. The van der Waals surface area contributed by atoms with Crippen molar-refractivity contribution in [1.29, 1.82) is 0 Å². The molecule has 0 atom stereocenters. The molecule has 15 heavy (non-hydrogen) atoms. The highest BCUT2D eigenvalue weighted by Crippen LogP contribution is 2.30. The predicted octanol–water partition coefficient (Wildman–Crippen LogP) is 4.07. The molecule has 1 nitrogen and oxygen atoms in total. The van der Waals surface area contributed by atoms with Gasteiger partial charge in [-0.2, -0.15) is 0 Å². The molecular formula is C14H21N. The zero-order valence-corrected chi connectivity index (χ0v) is 10.4. The number of para-hydroxylation sites is 1. The highest BCUT2D eigenvalue weighted by molar-refractivity contribution is 5.51. The summed E-state index contributed by atoms with van der Waals surface area (Å²) in [6, 6.07) is 10.5. The van der Waals surface area contributed by atoms with Gasteiger partial charge < -0.3 is 4.90 Å². The molecule has 1 aromatic rings. The molecule has 0 fully saturated rings. The minimum Gasteiger partial charge on any atom is -0.348 e. The normalized spacial score (nSPS) is 12.7. The lowest BCUT2D eigenvalue weighted by atomic mass is 9.90. The van der Waals surface area contributed by atoms with Gasteiger partial charge in [-0.05, 0) is 19.1 Å². The van der Waals surface area contributed by atoms with Gasteiger partial charge in [0.05, 0.1) is 0 Å². The summed E-state index contributed by atoms with van der Waals surface area (Å²) < 4.78 is 0. The van der Waals surface area contributed by atoms with Crippen LogP contribution in [0.2, 0.25) is 0 Å². The van der Waals surface area contributed by atoms with Crippen molar-refractivity contribution in [2.75, 3.05) is 11.9 Å². The number of hydrogen-bond acceptors (Lipinski definition) is 1. The highest BCUT2D eigenvalue weighted by atomic mass is 15.1. The van der Waals surface area contributed by atoms with E-state index >= 15 is 0 Å². The lowest BCUT2D eigenvalue weighted by Gasteiger charge is -2.32. The largest absolute Gasteiger partial charge is 0.348 e. The van der Waals surface area contributed by atoms with E-state index in [4.69, 9.17) is 0 Å². The van der Waals surface area contributed by atoms with Crippen molar-refractivity contribution in [3.8, 4) is 0 Å². The van der Waals surface area contributed by atoms with Crippen LogP contribution >= 0.6 is 0 Å². The number of rotatable bonds is 2. The summed E-state index contributed by atoms with van der Waals surface area (Å²) in [6.07, 6.45) is 2.19. The van der Waals surface area contributed by atoms with Gasteiger partial charge in [-0.25, -0.2) is 0 Å². The van der Waals surface area contributed by atoms with Gasteiger partial charge in [0.25, 0.3) is 0 Å². The SMILES string of the molecule is C/C=C(\N(C)c1ccccc1)C(C)(C)C. The monoisotopic (exact) mass is 203 g/mol. The van der Waals surface area contributed by atoms with Gasteiger partial charge in [0.1, 0.15) is 0 Å². The Morgan fingerprint density at radius 1 is 1.13 bits per heavy atom. The van der Waals surface area contributed by atoms with Gasteiger partial charge in [0.2, 0.25) is 0 Å². The maximum atomic E-state index is 2.25. The third-order valence-electron chi connectivity index (χ3n) is 2.55. The Balaban J connectivity index is 2.99. The topological polar surface area (TPSA) is 3.24 Å². The molecular weight excluding hydrogens is 182 g/mol. The Morgan fingerprint density at radius 2 is 1.67 bits per heavy atom. The number of anilines is 1. The van der Waals surface area contributed by atoms with Crippen LogP contribution in [-0.4, -0.2) is 7.05 Å². The molecule has 0 heterocycles. The van der Waals surface area contributed by atoms with Crippen molar-refractivity contribution < 1.29 is 0 Å². The average Bonchev–Trinajstić information content (AvgIpc) is 2.18. The second-order valence-corrected chi connectivity index (χ2v) is 4.82. The Morgan fingerprint density at radius 3 is 2.07 bits per heavy atom. The number of benzene rings is 1. The van der Waals surface area contributed by atoms with Crippen LogP contribution < -0.4 is 4.90 Å². The van der Waals surface area contributed by atoms with Crippen molar-refractivity contribution in [3.63, 3.8) is 0 Å². The Labute approximate surface area is 93.4 Å². The molecule has 0 amide bonds. The van der Waals surface area contributed by atoms with Gasteiger partial charge in [-0.1, -0.05) is 45.0 Å². The van der Waals surface area contributed by atoms with E-state index in [1.807, 2.05) is 6.07 Å². The van der Waals surface area contributed by atoms with Crippen LogP contribution in [0.5, 0.6) is 0 Å². The molecule has 0 bridgehead atoms. The third-order valence-corrected chi connectivity index (χ3v) is 2.55. The lowest BCUT2D eigenvalue weighted by molar-refractivity contribution is 0.489. The Bertz CT molecular complexity index is 330. The molecule has 82 valence electrons. The van der Waals surface area contributed by atoms with Crippen molar-refractivity contribution in [3.05, 3.63) is 42.1 Å². The Hall–Kier alpha value is -1.24.